The Morgan fingerprint density at radius 2 is 1.69 bits per heavy atom. The van der Waals surface area contributed by atoms with Crippen molar-refractivity contribution in [1.29, 1.82) is 0 Å². The molecule has 0 bridgehead atoms. The average molecular weight is 448 g/mol. The summed E-state index contributed by atoms with van der Waals surface area (Å²) in [4.78, 5) is 2.61. The largest absolute Gasteiger partial charge is 0.276 e. The molecular formula is C24H25N5O2S. The summed E-state index contributed by atoms with van der Waals surface area (Å²) >= 11 is 0. The minimum atomic E-state index is -3.80. The number of sulfonamides is 1. The molecule has 7 nitrogen and oxygen atoms in total. The van der Waals surface area contributed by atoms with E-state index < -0.39 is 10.0 Å². The van der Waals surface area contributed by atoms with Gasteiger partial charge >= 0.3 is 0 Å². The highest BCUT2D eigenvalue weighted by Gasteiger charge is 2.22. The zero-order chi connectivity index (χ0) is 22.6. The average Bonchev–Trinajstić information content (AvgIpc) is 3.23. The van der Waals surface area contributed by atoms with Crippen LogP contribution in [0.3, 0.4) is 0 Å². The Labute approximate surface area is 187 Å². The minimum Gasteiger partial charge on any atom is -0.236 e. The number of para-hydroxylation sites is 1. The highest BCUT2D eigenvalue weighted by atomic mass is 32.2. The lowest BCUT2D eigenvalue weighted by atomic mass is 10.0. The molecule has 32 heavy (non-hydrogen) atoms. The molecule has 4 aromatic rings. The first-order chi connectivity index (χ1) is 15.5. The van der Waals surface area contributed by atoms with Gasteiger partial charge in [0.05, 0.1) is 22.2 Å². The highest BCUT2D eigenvalue weighted by Crippen LogP contribution is 2.22. The monoisotopic (exact) mass is 447 g/mol. The van der Waals surface area contributed by atoms with Crippen LogP contribution in [0.4, 0.5) is 0 Å². The maximum absolute atomic E-state index is 12.9. The SMILES string of the molecule is CCC(C(Cc1ccccc1)=NNS(=O)(=O)c1ccc(C)cc1)n1nnc2ccccc21. The van der Waals surface area contributed by atoms with Crippen molar-refractivity contribution >= 4 is 26.8 Å². The molecule has 4 rings (SSSR count). The number of rotatable bonds is 8. The lowest BCUT2D eigenvalue weighted by molar-refractivity contribution is 0.539. The van der Waals surface area contributed by atoms with Gasteiger partial charge in [-0.05, 0) is 43.2 Å². The van der Waals surface area contributed by atoms with Gasteiger partial charge in [0.25, 0.3) is 10.0 Å². The van der Waals surface area contributed by atoms with Crippen LogP contribution in [-0.4, -0.2) is 29.1 Å². The minimum absolute atomic E-state index is 0.171. The molecule has 0 radical (unpaired) electrons. The second-order valence-corrected chi connectivity index (χ2v) is 9.28. The van der Waals surface area contributed by atoms with Crippen molar-refractivity contribution in [1.82, 2.24) is 19.8 Å². The summed E-state index contributed by atoms with van der Waals surface area (Å²) < 4.78 is 27.5. The van der Waals surface area contributed by atoms with E-state index in [4.69, 9.17) is 0 Å². The van der Waals surface area contributed by atoms with E-state index in [1.807, 2.05) is 73.1 Å². The lowest BCUT2D eigenvalue weighted by Gasteiger charge is -2.19. The molecule has 0 saturated carbocycles. The normalized spacial score (nSPS) is 13.2. The van der Waals surface area contributed by atoms with Crippen LogP contribution in [0.25, 0.3) is 11.0 Å². The van der Waals surface area contributed by atoms with Gasteiger partial charge in [0.1, 0.15) is 5.52 Å². The van der Waals surface area contributed by atoms with E-state index in [1.165, 1.54) is 0 Å². The number of hydrogen-bond donors (Lipinski definition) is 1. The molecule has 1 N–H and O–H groups in total. The predicted octanol–water partition coefficient (Wildman–Crippen LogP) is 4.27. The zero-order valence-electron chi connectivity index (χ0n) is 18.0. The van der Waals surface area contributed by atoms with Gasteiger partial charge in [0.15, 0.2) is 0 Å². The standard InChI is InChI=1S/C24H25N5O2S/c1-3-23(29-24-12-8-7-11-21(24)25-27-29)22(17-19-9-5-4-6-10-19)26-28-32(30,31)20-15-13-18(2)14-16-20/h4-16,23,28H,3,17H2,1-2H3. The summed E-state index contributed by atoms with van der Waals surface area (Å²) in [7, 11) is -3.80. The number of aryl methyl sites for hydroxylation is 1. The first-order valence-corrected chi connectivity index (χ1v) is 11.9. The fourth-order valence-electron chi connectivity index (χ4n) is 3.59. The zero-order valence-corrected chi connectivity index (χ0v) is 18.8. The van der Waals surface area contributed by atoms with E-state index >= 15 is 0 Å². The third-order valence-corrected chi connectivity index (χ3v) is 6.54. The molecule has 1 atom stereocenters. The van der Waals surface area contributed by atoms with Gasteiger partial charge in [-0.15, -0.1) is 5.10 Å². The van der Waals surface area contributed by atoms with Crippen LogP contribution in [0.5, 0.6) is 0 Å². The molecule has 0 saturated heterocycles. The van der Waals surface area contributed by atoms with Gasteiger partial charge in [-0.2, -0.15) is 13.5 Å². The lowest BCUT2D eigenvalue weighted by Crippen LogP contribution is -2.27. The maximum Gasteiger partial charge on any atom is 0.276 e. The Morgan fingerprint density at radius 3 is 2.41 bits per heavy atom. The number of fused-ring (bicyclic) bond motifs is 1. The second-order valence-electron chi connectivity index (χ2n) is 7.62. The molecule has 0 aliphatic carbocycles. The Balaban J connectivity index is 1.73. The van der Waals surface area contributed by atoms with Gasteiger partial charge < -0.3 is 0 Å². The molecule has 0 amide bonds. The molecule has 8 heteroatoms. The highest BCUT2D eigenvalue weighted by molar-refractivity contribution is 7.89. The quantitative estimate of drug-likeness (QED) is 0.323. The number of benzene rings is 3. The topological polar surface area (TPSA) is 89.2 Å². The summed E-state index contributed by atoms with van der Waals surface area (Å²) in [6, 6.07) is 24.0. The van der Waals surface area contributed by atoms with Gasteiger partial charge in [-0.1, -0.05) is 72.3 Å². The van der Waals surface area contributed by atoms with E-state index in [1.54, 1.807) is 24.3 Å². The third-order valence-electron chi connectivity index (χ3n) is 5.31. The predicted molar refractivity (Wildman–Crippen MR) is 126 cm³/mol. The second kappa shape index (κ2) is 9.32. The van der Waals surface area contributed by atoms with E-state index in [0.29, 0.717) is 18.6 Å². The van der Waals surface area contributed by atoms with Crippen LogP contribution >= 0.6 is 0 Å². The summed E-state index contributed by atoms with van der Waals surface area (Å²) in [5, 5.41) is 13.0. The van der Waals surface area contributed by atoms with E-state index in [9.17, 15) is 8.42 Å². The van der Waals surface area contributed by atoms with Gasteiger partial charge in [0.2, 0.25) is 0 Å². The Morgan fingerprint density at radius 1 is 1.00 bits per heavy atom. The van der Waals surface area contributed by atoms with Crippen molar-refractivity contribution in [3.8, 4) is 0 Å². The fraction of sp³-hybridized carbons (Fsp3) is 0.208. The first kappa shape index (κ1) is 21.7. The smallest absolute Gasteiger partial charge is 0.236 e. The van der Waals surface area contributed by atoms with Crippen LogP contribution < -0.4 is 4.83 Å². The Kier molecular flexibility index (Phi) is 6.32. The first-order valence-electron chi connectivity index (χ1n) is 10.5. The molecule has 0 aliphatic rings. The molecule has 0 fully saturated rings. The van der Waals surface area contributed by atoms with Crippen molar-refractivity contribution in [3.05, 3.63) is 90.0 Å². The Hall–Kier alpha value is -3.52. The van der Waals surface area contributed by atoms with Crippen LogP contribution in [0, 0.1) is 6.92 Å². The summed E-state index contributed by atoms with van der Waals surface area (Å²) in [5.41, 5.74) is 4.33. The van der Waals surface area contributed by atoms with Crippen molar-refractivity contribution in [2.24, 2.45) is 5.10 Å². The summed E-state index contributed by atoms with van der Waals surface area (Å²) in [6.45, 7) is 3.93. The third kappa shape index (κ3) is 4.70. The fourth-order valence-corrected chi connectivity index (χ4v) is 4.43. The molecule has 0 spiro atoms. The van der Waals surface area contributed by atoms with Crippen molar-refractivity contribution in [2.45, 2.75) is 37.6 Å². The van der Waals surface area contributed by atoms with E-state index in [0.717, 1.165) is 22.2 Å². The number of nitrogens with one attached hydrogen (secondary N) is 1. The van der Waals surface area contributed by atoms with Gasteiger partial charge in [-0.25, -0.2) is 9.51 Å². The van der Waals surface area contributed by atoms with E-state index in [-0.39, 0.29) is 10.9 Å². The van der Waals surface area contributed by atoms with E-state index in [2.05, 4.69) is 20.2 Å². The van der Waals surface area contributed by atoms with Crippen molar-refractivity contribution in [3.63, 3.8) is 0 Å². The van der Waals surface area contributed by atoms with Crippen molar-refractivity contribution < 1.29 is 8.42 Å². The molecule has 164 valence electrons. The number of nitrogens with zero attached hydrogens (tertiary/aromatic N) is 4. The van der Waals surface area contributed by atoms with Gasteiger partial charge in [-0.3, -0.25) is 0 Å². The molecule has 1 unspecified atom stereocenters. The number of hydrazone groups is 1. The Bertz CT molecular complexity index is 1330. The molecule has 1 heterocycles. The molecule has 0 aliphatic heterocycles. The molecular weight excluding hydrogens is 422 g/mol. The molecule has 3 aromatic carbocycles. The van der Waals surface area contributed by atoms with Crippen molar-refractivity contribution in [2.75, 3.05) is 0 Å². The van der Waals surface area contributed by atoms with Crippen LogP contribution in [0.1, 0.15) is 30.5 Å². The van der Waals surface area contributed by atoms with Crippen LogP contribution in [-0.2, 0) is 16.4 Å². The van der Waals surface area contributed by atoms with Crippen LogP contribution in [0.2, 0.25) is 0 Å². The summed E-state index contributed by atoms with van der Waals surface area (Å²) in [6.07, 6.45) is 1.15. The molecule has 1 aromatic heterocycles. The number of hydrogen-bond acceptors (Lipinski definition) is 5. The van der Waals surface area contributed by atoms with Crippen LogP contribution in [0.15, 0.2) is 88.9 Å². The van der Waals surface area contributed by atoms with Gasteiger partial charge in [0, 0.05) is 6.42 Å². The maximum atomic E-state index is 12.9. The number of aromatic nitrogens is 3. The summed E-state index contributed by atoms with van der Waals surface area (Å²) in [5.74, 6) is 0.